The molecule has 0 aliphatic carbocycles. The number of morpholine rings is 1. The molecule has 2 aromatic heterocycles. The van der Waals surface area contributed by atoms with Crippen LogP contribution in [0.15, 0.2) is 47.8 Å². The summed E-state index contributed by atoms with van der Waals surface area (Å²) in [6, 6.07) is 11.8. The molecule has 2 aliphatic heterocycles. The summed E-state index contributed by atoms with van der Waals surface area (Å²) < 4.78 is 11.1. The highest BCUT2D eigenvalue weighted by Crippen LogP contribution is 2.28. The minimum Gasteiger partial charge on any atom is -0.444 e. The van der Waals surface area contributed by atoms with Gasteiger partial charge in [-0.2, -0.15) is 0 Å². The van der Waals surface area contributed by atoms with Gasteiger partial charge in [0, 0.05) is 36.3 Å². The van der Waals surface area contributed by atoms with E-state index < -0.39 is 17.7 Å². The molecule has 2 saturated heterocycles. The van der Waals surface area contributed by atoms with Crippen LogP contribution >= 0.6 is 11.3 Å². The first-order chi connectivity index (χ1) is 20.4. The minimum absolute atomic E-state index is 0.123. The summed E-state index contributed by atoms with van der Waals surface area (Å²) in [6.45, 7) is 11.5. The molecule has 1 aromatic carbocycles. The number of likely N-dealkylation sites (tertiary alicyclic amines) is 1. The highest BCUT2D eigenvalue weighted by Gasteiger charge is 2.35. The molecule has 11 nitrogen and oxygen atoms in total. The van der Waals surface area contributed by atoms with Crippen LogP contribution in [0.25, 0.3) is 11.4 Å². The first-order valence-electron chi connectivity index (χ1n) is 14.5. The molecule has 0 radical (unpaired) electrons. The molecular weight excluding hydrogens is 568 g/mol. The molecule has 3 aromatic rings. The van der Waals surface area contributed by atoms with Gasteiger partial charge >= 0.3 is 6.09 Å². The third-order valence-corrected chi connectivity index (χ3v) is 7.83. The molecule has 2 aliphatic rings. The van der Waals surface area contributed by atoms with Gasteiger partial charge < -0.3 is 24.6 Å². The number of nitrogens with one attached hydrogen (secondary N) is 2. The van der Waals surface area contributed by atoms with E-state index in [0.29, 0.717) is 35.0 Å². The van der Waals surface area contributed by atoms with Gasteiger partial charge in [0.15, 0.2) is 5.13 Å². The van der Waals surface area contributed by atoms with E-state index in [4.69, 9.17) is 14.5 Å². The Morgan fingerprint density at radius 2 is 1.70 bits per heavy atom. The van der Waals surface area contributed by atoms with Gasteiger partial charge in [-0.05, 0) is 83.9 Å². The largest absolute Gasteiger partial charge is 0.444 e. The predicted octanol–water partition coefficient (Wildman–Crippen LogP) is 5.41. The molecule has 2 fully saturated rings. The molecule has 0 saturated carbocycles. The van der Waals surface area contributed by atoms with Crippen molar-refractivity contribution in [3.8, 4) is 11.4 Å². The Bertz CT molecular complexity index is 1460. The number of ether oxygens (including phenoxy) is 2. The number of aromatic nitrogens is 2. The van der Waals surface area contributed by atoms with Gasteiger partial charge in [-0.3, -0.25) is 14.9 Å². The van der Waals surface area contributed by atoms with E-state index in [1.165, 1.54) is 11.3 Å². The third-order valence-electron chi connectivity index (χ3n) is 7.07. The zero-order valence-corrected chi connectivity index (χ0v) is 25.9. The van der Waals surface area contributed by atoms with Crippen molar-refractivity contribution in [1.29, 1.82) is 0 Å². The summed E-state index contributed by atoms with van der Waals surface area (Å²) in [6.07, 6.45) is 0.961. The van der Waals surface area contributed by atoms with Crippen LogP contribution in [0.2, 0.25) is 0 Å². The van der Waals surface area contributed by atoms with Crippen LogP contribution in [0.5, 0.6) is 0 Å². The Kier molecular flexibility index (Phi) is 8.97. The van der Waals surface area contributed by atoms with Crippen molar-refractivity contribution in [1.82, 2.24) is 14.9 Å². The van der Waals surface area contributed by atoms with E-state index in [9.17, 15) is 14.4 Å². The number of nitrogens with zero attached hydrogens (tertiary/aromatic N) is 4. The van der Waals surface area contributed by atoms with Gasteiger partial charge in [-0.15, -0.1) is 11.3 Å². The van der Waals surface area contributed by atoms with Crippen molar-refractivity contribution in [2.24, 2.45) is 0 Å². The van der Waals surface area contributed by atoms with E-state index in [0.717, 1.165) is 31.0 Å². The highest BCUT2D eigenvalue weighted by molar-refractivity contribution is 7.14. The minimum atomic E-state index is -0.617. The molecule has 3 atom stereocenters. The fourth-order valence-electron chi connectivity index (χ4n) is 5.31. The third kappa shape index (κ3) is 7.68. The van der Waals surface area contributed by atoms with Crippen LogP contribution in [0.4, 0.5) is 21.4 Å². The number of carbonyl (C=O) groups is 3. The van der Waals surface area contributed by atoms with Crippen molar-refractivity contribution in [3.63, 3.8) is 0 Å². The summed E-state index contributed by atoms with van der Waals surface area (Å²) in [5.41, 5.74) is 1.73. The van der Waals surface area contributed by atoms with Crippen LogP contribution in [-0.4, -0.2) is 76.3 Å². The summed E-state index contributed by atoms with van der Waals surface area (Å²) in [5.74, 6) is 0.355. The Hall–Kier alpha value is -4.03. The lowest BCUT2D eigenvalue weighted by Crippen LogP contribution is -2.45. The molecule has 43 heavy (non-hydrogen) atoms. The molecule has 228 valence electrons. The topological polar surface area (TPSA) is 126 Å². The van der Waals surface area contributed by atoms with Crippen molar-refractivity contribution in [2.75, 3.05) is 35.2 Å². The summed E-state index contributed by atoms with van der Waals surface area (Å²) in [5, 5.41) is 7.89. The van der Waals surface area contributed by atoms with Crippen LogP contribution in [0, 0.1) is 0 Å². The Morgan fingerprint density at radius 1 is 0.977 bits per heavy atom. The molecule has 1 unspecified atom stereocenters. The molecule has 0 bridgehead atoms. The van der Waals surface area contributed by atoms with Crippen molar-refractivity contribution < 1.29 is 23.9 Å². The van der Waals surface area contributed by atoms with Crippen molar-refractivity contribution in [2.45, 2.75) is 71.3 Å². The number of hydrogen-bond donors (Lipinski definition) is 2. The summed E-state index contributed by atoms with van der Waals surface area (Å²) >= 11 is 1.32. The maximum atomic E-state index is 13.3. The van der Waals surface area contributed by atoms with E-state index >= 15 is 0 Å². The lowest BCUT2D eigenvalue weighted by Gasteiger charge is -2.36. The predicted molar refractivity (Wildman–Crippen MR) is 167 cm³/mol. The SMILES string of the molecule is C[C@@H]1CN(c2cccc(-c3csc(NC(=O)C4CCCN4C(=O)c4ccc(NC(=O)OC(C)(C)C)cc4)n3)n2)C[C@H](C)O1. The molecular formula is C31H38N6O5S. The summed E-state index contributed by atoms with van der Waals surface area (Å²) in [7, 11) is 0. The van der Waals surface area contributed by atoms with Gasteiger partial charge in [0.1, 0.15) is 23.2 Å². The van der Waals surface area contributed by atoms with Gasteiger partial charge in [-0.25, -0.2) is 14.8 Å². The number of benzene rings is 1. The van der Waals surface area contributed by atoms with Gasteiger partial charge in [0.05, 0.1) is 17.9 Å². The number of carbonyl (C=O) groups excluding carboxylic acids is 3. The number of thiazole rings is 1. The quantitative estimate of drug-likeness (QED) is 0.382. The standard InChI is InChI=1S/C31H38N6O5S/c1-19-16-36(17-20(2)41-19)26-10-6-8-23(33-26)24-18-43-29(34-24)35-27(38)25-9-7-15-37(25)28(39)21-11-13-22(14-12-21)32-30(40)42-31(3,4)5/h6,8,10-14,18-20,25H,7,9,15-17H2,1-5H3,(H,32,40)(H,34,35,38)/t19-,20+,25?. The van der Waals surface area contributed by atoms with E-state index in [1.807, 2.05) is 23.6 Å². The fraction of sp³-hybridized carbons (Fsp3) is 0.452. The number of anilines is 3. The second-order valence-electron chi connectivity index (χ2n) is 11.9. The Labute approximate surface area is 255 Å². The first-order valence-corrected chi connectivity index (χ1v) is 15.4. The molecule has 5 rings (SSSR count). The van der Waals surface area contributed by atoms with Gasteiger partial charge in [0.25, 0.3) is 5.91 Å². The maximum absolute atomic E-state index is 13.3. The van der Waals surface area contributed by atoms with E-state index in [2.05, 4.69) is 34.4 Å². The molecule has 3 amide bonds. The van der Waals surface area contributed by atoms with Crippen molar-refractivity contribution >= 4 is 45.9 Å². The second-order valence-corrected chi connectivity index (χ2v) is 12.8. The van der Waals surface area contributed by atoms with Gasteiger partial charge in [-0.1, -0.05) is 6.07 Å². The molecule has 4 heterocycles. The van der Waals surface area contributed by atoms with Crippen LogP contribution in [-0.2, 0) is 14.3 Å². The molecule has 12 heteroatoms. The normalized spacial score (nSPS) is 20.5. The van der Waals surface area contributed by atoms with Crippen LogP contribution in [0.3, 0.4) is 0 Å². The maximum Gasteiger partial charge on any atom is 0.412 e. The zero-order chi connectivity index (χ0) is 30.7. The molecule has 2 N–H and O–H groups in total. The van der Waals surface area contributed by atoms with E-state index in [-0.39, 0.29) is 24.0 Å². The van der Waals surface area contributed by atoms with Crippen LogP contribution in [0.1, 0.15) is 57.8 Å². The number of hydrogen-bond acceptors (Lipinski definition) is 9. The number of amides is 3. The second kappa shape index (κ2) is 12.7. The van der Waals surface area contributed by atoms with Crippen LogP contribution < -0.4 is 15.5 Å². The fourth-order valence-corrected chi connectivity index (χ4v) is 6.02. The number of rotatable bonds is 6. The summed E-state index contributed by atoms with van der Waals surface area (Å²) in [4.78, 5) is 51.9. The average molecular weight is 607 g/mol. The van der Waals surface area contributed by atoms with Gasteiger partial charge in [0.2, 0.25) is 5.91 Å². The van der Waals surface area contributed by atoms with E-state index in [1.54, 1.807) is 49.9 Å². The number of pyridine rings is 1. The average Bonchev–Trinajstić information content (AvgIpc) is 3.62. The zero-order valence-electron chi connectivity index (χ0n) is 25.1. The Balaban J connectivity index is 1.21. The highest BCUT2D eigenvalue weighted by atomic mass is 32.1. The smallest absolute Gasteiger partial charge is 0.412 e. The van der Waals surface area contributed by atoms with Crippen molar-refractivity contribution in [3.05, 3.63) is 53.4 Å². The monoisotopic (exact) mass is 606 g/mol. The molecule has 0 spiro atoms. The lowest BCUT2D eigenvalue weighted by molar-refractivity contribution is -0.119. The lowest BCUT2D eigenvalue weighted by atomic mass is 10.1. The first kappa shape index (κ1) is 30.4. The Morgan fingerprint density at radius 3 is 2.40 bits per heavy atom.